The van der Waals surface area contributed by atoms with Crippen LogP contribution in [0.25, 0.3) is 0 Å². The third-order valence-corrected chi connectivity index (χ3v) is 4.43. The fourth-order valence-electron chi connectivity index (χ4n) is 2.77. The van der Waals surface area contributed by atoms with E-state index in [1.54, 1.807) is 11.3 Å². The van der Waals surface area contributed by atoms with Crippen molar-refractivity contribution in [2.75, 3.05) is 12.3 Å². The molecule has 0 bridgehead atoms. The lowest BCUT2D eigenvalue weighted by Gasteiger charge is -2.24. The number of nitrogens with zero attached hydrogens (tertiary/aromatic N) is 3. The Morgan fingerprint density at radius 1 is 1.53 bits per heavy atom. The minimum Gasteiger partial charge on any atom is -0.375 e. The summed E-state index contributed by atoms with van der Waals surface area (Å²) in [4.78, 5) is 7.92. The zero-order valence-electron chi connectivity index (χ0n) is 11.0. The van der Waals surface area contributed by atoms with E-state index in [-0.39, 0.29) is 12.4 Å². The topological polar surface area (TPSA) is 47.1 Å². The summed E-state index contributed by atoms with van der Waals surface area (Å²) in [6, 6.07) is 4.88. The predicted molar refractivity (Wildman–Crippen MR) is 81.6 cm³/mol. The van der Waals surface area contributed by atoms with Gasteiger partial charge in [-0.05, 0) is 31.5 Å². The van der Waals surface area contributed by atoms with E-state index in [9.17, 15) is 0 Å². The molecular weight excluding hydrogens is 280 g/mol. The summed E-state index contributed by atoms with van der Waals surface area (Å²) >= 11 is 1.60. The number of hydrogen-bond donors (Lipinski definition) is 1. The first-order valence-electron chi connectivity index (χ1n) is 6.29. The molecule has 1 aliphatic heterocycles. The largest absolute Gasteiger partial charge is 0.375 e. The number of nitrogen functional groups attached to an aromatic ring is 1. The van der Waals surface area contributed by atoms with E-state index < -0.39 is 0 Å². The van der Waals surface area contributed by atoms with Crippen LogP contribution in [0.3, 0.4) is 0 Å². The van der Waals surface area contributed by atoms with Crippen molar-refractivity contribution in [3.05, 3.63) is 35.1 Å². The first-order valence-corrected chi connectivity index (χ1v) is 7.11. The zero-order chi connectivity index (χ0) is 12.5. The lowest BCUT2D eigenvalue weighted by atomic mass is 10.1. The van der Waals surface area contributed by atoms with Crippen LogP contribution in [0.1, 0.15) is 29.5 Å². The van der Waals surface area contributed by atoms with Gasteiger partial charge in [-0.1, -0.05) is 0 Å². The second-order valence-electron chi connectivity index (χ2n) is 4.84. The van der Waals surface area contributed by atoms with E-state index in [0.29, 0.717) is 11.2 Å². The second kappa shape index (κ2) is 5.94. The van der Waals surface area contributed by atoms with Crippen LogP contribution in [0.2, 0.25) is 0 Å². The fourth-order valence-corrected chi connectivity index (χ4v) is 3.48. The molecule has 4 nitrogen and oxygen atoms in total. The summed E-state index contributed by atoms with van der Waals surface area (Å²) < 4.78 is 2.23. The molecule has 2 N–H and O–H groups in total. The highest BCUT2D eigenvalue weighted by atomic mass is 35.5. The number of rotatable bonds is 3. The lowest BCUT2D eigenvalue weighted by molar-refractivity contribution is 0.243. The molecule has 1 atom stereocenters. The van der Waals surface area contributed by atoms with Gasteiger partial charge in [-0.25, -0.2) is 4.98 Å². The highest BCUT2D eigenvalue weighted by Crippen LogP contribution is 2.33. The Kier molecular flexibility index (Phi) is 4.50. The minimum absolute atomic E-state index is 0. The molecule has 3 rings (SSSR count). The highest BCUT2D eigenvalue weighted by molar-refractivity contribution is 7.15. The molecule has 2 aromatic rings. The molecule has 0 aromatic carbocycles. The van der Waals surface area contributed by atoms with Crippen LogP contribution in [0.15, 0.2) is 24.5 Å². The summed E-state index contributed by atoms with van der Waals surface area (Å²) in [6.07, 6.45) is 6.53. The van der Waals surface area contributed by atoms with Crippen molar-refractivity contribution in [1.82, 2.24) is 14.5 Å². The maximum atomic E-state index is 5.69. The Morgan fingerprint density at radius 2 is 2.37 bits per heavy atom. The van der Waals surface area contributed by atoms with Gasteiger partial charge in [0.1, 0.15) is 0 Å². The molecule has 1 aliphatic rings. The molecule has 19 heavy (non-hydrogen) atoms. The number of likely N-dealkylation sites (tertiary alicyclic amines) is 1. The fraction of sp³-hybridized carbons (Fsp3) is 0.462. The van der Waals surface area contributed by atoms with E-state index >= 15 is 0 Å². The molecule has 6 heteroatoms. The van der Waals surface area contributed by atoms with Gasteiger partial charge >= 0.3 is 0 Å². The Bertz CT molecular complexity index is 536. The normalized spacial score (nSPS) is 19.5. The maximum Gasteiger partial charge on any atom is 0.180 e. The average Bonchev–Trinajstić information content (AvgIpc) is 3.02. The predicted octanol–water partition coefficient (Wildman–Crippen LogP) is 2.82. The maximum absolute atomic E-state index is 5.69. The summed E-state index contributed by atoms with van der Waals surface area (Å²) in [5.41, 5.74) is 7.10. The van der Waals surface area contributed by atoms with Gasteiger partial charge in [0.15, 0.2) is 5.13 Å². The standard InChI is InChI=1S/C13H18N4S.ClH/c1-16-6-2-4-11(16)12-5-3-7-17(12)9-10-8-15-13(14)18-10;/h2,4,6,8,12H,3,5,7,9H2,1H3,(H2,14,15);1H. The number of halogens is 1. The van der Waals surface area contributed by atoms with Crippen molar-refractivity contribution < 1.29 is 0 Å². The van der Waals surface area contributed by atoms with E-state index in [4.69, 9.17) is 5.73 Å². The third-order valence-electron chi connectivity index (χ3n) is 3.62. The summed E-state index contributed by atoms with van der Waals surface area (Å²) in [6.45, 7) is 2.12. The SMILES string of the molecule is Cl.Cn1cccc1C1CCCN1Cc1cnc(N)s1. The van der Waals surface area contributed by atoms with E-state index in [0.717, 1.165) is 13.1 Å². The highest BCUT2D eigenvalue weighted by Gasteiger charge is 2.27. The van der Waals surface area contributed by atoms with Crippen LogP contribution in [0.5, 0.6) is 0 Å². The van der Waals surface area contributed by atoms with Crippen LogP contribution in [0, 0.1) is 0 Å². The molecule has 3 heterocycles. The van der Waals surface area contributed by atoms with Gasteiger partial charge < -0.3 is 10.3 Å². The van der Waals surface area contributed by atoms with Gasteiger partial charge in [-0.2, -0.15) is 0 Å². The molecule has 0 aliphatic carbocycles. The van der Waals surface area contributed by atoms with Crippen molar-refractivity contribution in [2.45, 2.75) is 25.4 Å². The Labute approximate surface area is 123 Å². The molecule has 1 unspecified atom stereocenters. The van der Waals surface area contributed by atoms with Crippen molar-refractivity contribution in [3.8, 4) is 0 Å². The second-order valence-corrected chi connectivity index (χ2v) is 5.98. The van der Waals surface area contributed by atoms with Gasteiger partial charge in [0.25, 0.3) is 0 Å². The number of thiazole rings is 1. The van der Waals surface area contributed by atoms with E-state index in [2.05, 4.69) is 39.8 Å². The number of aromatic nitrogens is 2. The zero-order valence-corrected chi connectivity index (χ0v) is 12.6. The Balaban J connectivity index is 0.00000133. The quantitative estimate of drug-likeness (QED) is 0.948. The first kappa shape index (κ1) is 14.4. The molecule has 0 radical (unpaired) electrons. The molecule has 0 spiro atoms. The molecule has 0 saturated carbocycles. The van der Waals surface area contributed by atoms with Gasteiger partial charge in [0.05, 0.1) is 6.04 Å². The Hall–Kier alpha value is -1.04. The van der Waals surface area contributed by atoms with Crippen LogP contribution in [-0.2, 0) is 13.6 Å². The van der Waals surface area contributed by atoms with Crippen LogP contribution in [-0.4, -0.2) is 21.0 Å². The van der Waals surface area contributed by atoms with Gasteiger partial charge in [0, 0.05) is 36.6 Å². The molecule has 0 amide bonds. The monoisotopic (exact) mass is 298 g/mol. The van der Waals surface area contributed by atoms with Crippen LogP contribution in [0.4, 0.5) is 5.13 Å². The van der Waals surface area contributed by atoms with Crippen LogP contribution >= 0.6 is 23.7 Å². The average molecular weight is 299 g/mol. The lowest BCUT2D eigenvalue weighted by Crippen LogP contribution is -2.23. The molecular formula is C13H19ClN4S. The van der Waals surface area contributed by atoms with Crippen molar-refractivity contribution >= 4 is 28.9 Å². The van der Waals surface area contributed by atoms with Crippen molar-refractivity contribution in [3.63, 3.8) is 0 Å². The van der Waals surface area contributed by atoms with E-state index in [1.165, 1.54) is 23.4 Å². The first-order chi connectivity index (χ1) is 8.74. The molecule has 1 fully saturated rings. The number of hydrogen-bond acceptors (Lipinski definition) is 4. The van der Waals surface area contributed by atoms with Gasteiger partial charge in [-0.3, -0.25) is 4.90 Å². The number of anilines is 1. The third kappa shape index (κ3) is 2.94. The number of aryl methyl sites for hydroxylation is 1. The summed E-state index contributed by atoms with van der Waals surface area (Å²) in [5, 5.41) is 0.666. The minimum atomic E-state index is 0. The molecule has 104 valence electrons. The van der Waals surface area contributed by atoms with Crippen molar-refractivity contribution in [1.29, 1.82) is 0 Å². The van der Waals surface area contributed by atoms with E-state index in [1.807, 2.05) is 6.20 Å². The van der Waals surface area contributed by atoms with Gasteiger partial charge in [0.2, 0.25) is 0 Å². The molecule has 2 aromatic heterocycles. The van der Waals surface area contributed by atoms with Crippen LogP contribution < -0.4 is 5.73 Å². The van der Waals surface area contributed by atoms with Crippen molar-refractivity contribution in [2.24, 2.45) is 7.05 Å². The summed E-state index contributed by atoms with van der Waals surface area (Å²) in [5.74, 6) is 0. The smallest absolute Gasteiger partial charge is 0.180 e. The molecule has 1 saturated heterocycles. The number of nitrogens with two attached hydrogens (primary N) is 1. The Morgan fingerprint density at radius 3 is 3.00 bits per heavy atom. The summed E-state index contributed by atoms with van der Waals surface area (Å²) in [7, 11) is 2.12. The van der Waals surface area contributed by atoms with Gasteiger partial charge in [-0.15, -0.1) is 23.7 Å².